The van der Waals surface area contributed by atoms with Gasteiger partial charge in [-0.1, -0.05) is 13.8 Å². The molecule has 2 unspecified atom stereocenters. The number of aromatic nitrogens is 1. The molecule has 16 heavy (non-hydrogen) atoms. The normalized spacial score (nSPS) is 14.5. The quantitative estimate of drug-likeness (QED) is 0.830. The first-order valence-electron chi connectivity index (χ1n) is 5.55. The van der Waals surface area contributed by atoms with Crippen LogP contribution in [0.4, 0.5) is 0 Å². The van der Waals surface area contributed by atoms with Crippen molar-refractivity contribution >= 4 is 11.8 Å². The fraction of sp³-hybridized carbons (Fsp3) is 0.583. The van der Waals surface area contributed by atoms with E-state index in [1.807, 2.05) is 23.9 Å². The van der Waals surface area contributed by atoms with Crippen LogP contribution in [0.3, 0.4) is 0 Å². The van der Waals surface area contributed by atoms with E-state index in [2.05, 4.69) is 18.8 Å². The number of rotatable bonds is 6. The van der Waals surface area contributed by atoms with Crippen LogP contribution >= 0.6 is 11.8 Å². The minimum atomic E-state index is -0.0600. The van der Waals surface area contributed by atoms with Crippen LogP contribution in [-0.4, -0.2) is 23.1 Å². The smallest absolute Gasteiger partial charge is 0.142 e. The van der Waals surface area contributed by atoms with E-state index in [4.69, 9.17) is 10.5 Å². The monoisotopic (exact) mass is 240 g/mol. The molecule has 1 rings (SSSR count). The van der Waals surface area contributed by atoms with E-state index in [9.17, 15) is 0 Å². The molecule has 0 aromatic carbocycles. The average molecular weight is 240 g/mol. The molecular weight excluding hydrogens is 220 g/mol. The van der Waals surface area contributed by atoms with Crippen molar-refractivity contribution in [2.24, 2.45) is 5.73 Å². The van der Waals surface area contributed by atoms with Crippen LogP contribution in [0.15, 0.2) is 18.3 Å². The summed E-state index contributed by atoms with van der Waals surface area (Å²) < 4.78 is 5.25. The summed E-state index contributed by atoms with van der Waals surface area (Å²) in [6.45, 7) is 4.40. The van der Waals surface area contributed by atoms with Gasteiger partial charge in [0, 0.05) is 17.2 Å². The number of nitrogens with two attached hydrogens (primary N) is 1. The Bertz CT molecular complexity index is 320. The number of hydrogen-bond donors (Lipinski definition) is 1. The van der Waals surface area contributed by atoms with Crippen molar-refractivity contribution in [2.75, 3.05) is 12.9 Å². The maximum Gasteiger partial charge on any atom is 0.142 e. The van der Waals surface area contributed by atoms with Crippen LogP contribution in [0.2, 0.25) is 0 Å². The fourth-order valence-corrected chi connectivity index (χ4v) is 2.25. The Balaban J connectivity index is 2.61. The summed E-state index contributed by atoms with van der Waals surface area (Å²) in [6, 6.07) is 3.70. The van der Waals surface area contributed by atoms with Crippen LogP contribution in [-0.2, 0) is 0 Å². The van der Waals surface area contributed by atoms with Crippen molar-refractivity contribution in [3.8, 4) is 5.75 Å². The van der Waals surface area contributed by atoms with Gasteiger partial charge < -0.3 is 10.5 Å². The summed E-state index contributed by atoms with van der Waals surface area (Å²) in [5.41, 5.74) is 6.96. The lowest BCUT2D eigenvalue weighted by Gasteiger charge is -2.16. The lowest BCUT2D eigenvalue weighted by Crippen LogP contribution is -2.17. The molecule has 0 saturated heterocycles. The van der Waals surface area contributed by atoms with E-state index in [0.717, 1.165) is 23.6 Å². The molecule has 0 spiro atoms. The molecule has 0 aliphatic carbocycles. The number of methoxy groups -OCH3 is 1. The molecular formula is C12H20N2OS. The van der Waals surface area contributed by atoms with Crippen molar-refractivity contribution < 1.29 is 4.74 Å². The second kappa shape index (κ2) is 6.76. The van der Waals surface area contributed by atoms with Gasteiger partial charge >= 0.3 is 0 Å². The maximum atomic E-state index is 6.11. The third-order valence-electron chi connectivity index (χ3n) is 2.51. The van der Waals surface area contributed by atoms with Gasteiger partial charge in [0.2, 0.25) is 0 Å². The zero-order chi connectivity index (χ0) is 12.0. The lowest BCUT2D eigenvalue weighted by atomic mass is 10.2. The first-order valence-corrected chi connectivity index (χ1v) is 6.60. The lowest BCUT2D eigenvalue weighted by molar-refractivity contribution is 0.404. The largest absolute Gasteiger partial charge is 0.495 e. The Morgan fingerprint density at radius 3 is 2.94 bits per heavy atom. The molecule has 0 amide bonds. The van der Waals surface area contributed by atoms with Gasteiger partial charge in [-0.05, 0) is 18.6 Å². The molecule has 0 bridgehead atoms. The second-order valence-electron chi connectivity index (χ2n) is 3.75. The summed E-state index contributed by atoms with van der Waals surface area (Å²) in [7, 11) is 1.65. The topological polar surface area (TPSA) is 48.1 Å². The highest BCUT2D eigenvalue weighted by Crippen LogP contribution is 2.25. The molecule has 0 aliphatic heterocycles. The Kier molecular flexibility index (Phi) is 5.63. The summed E-state index contributed by atoms with van der Waals surface area (Å²) in [5, 5.41) is 0.640. The zero-order valence-electron chi connectivity index (χ0n) is 10.1. The van der Waals surface area contributed by atoms with Gasteiger partial charge in [-0.3, -0.25) is 4.98 Å². The fourth-order valence-electron chi connectivity index (χ4n) is 1.32. The Morgan fingerprint density at radius 2 is 2.31 bits per heavy atom. The van der Waals surface area contributed by atoms with E-state index in [1.165, 1.54) is 0 Å². The summed E-state index contributed by atoms with van der Waals surface area (Å²) in [5.74, 6) is 1.65. The molecule has 1 aromatic rings. The molecule has 2 N–H and O–H groups in total. The number of thioether (sulfide) groups is 1. The van der Waals surface area contributed by atoms with E-state index < -0.39 is 0 Å². The first kappa shape index (κ1) is 13.3. The number of nitrogens with zero attached hydrogens (tertiary/aromatic N) is 1. The Labute approximate surface area is 102 Å². The molecule has 0 fully saturated rings. The SMILES string of the molecule is CCC(C)SCC(N)c1ncccc1OC. The standard InChI is InChI=1S/C12H20N2OS/c1-4-9(2)16-8-10(13)12-11(15-3)6-5-7-14-12/h5-7,9-10H,4,8,13H2,1-3H3. The summed E-state index contributed by atoms with van der Waals surface area (Å²) in [6.07, 6.45) is 2.92. The van der Waals surface area contributed by atoms with Crippen LogP contribution < -0.4 is 10.5 Å². The highest BCUT2D eigenvalue weighted by atomic mass is 32.2. The molecule has 2 atom stereocenters. The predicted octanol–water partition coefficient (Wildman–Crippen LogP) is 2.62. The molecule has 4 heteroatoms. The van der Waals surface area contributed by atoms with Crippen molar-refractivity contribution in [3.63, 3.8) is 0 Å². The van der Waals surface area contributed by atoms with E-state index >= 15 is 0 Å². The van der Waals surface area contributed by atoms with Gasteiger partial charge in [0.1, 0.15) is 5.75 Å². The van der Waals surface area contributed by atoms with Gasteiger partial charge in [0.05, 0.1) is 18.8 Å². The summed E-state index contributed by atoms with van der Waals surface area (Å²) >= 11 is 1.88. The van der Waals surface area contributed by atoms with E-state index in [-0.39, 0.29) is 6.04 Å². The van der Waals surface area contributed by atoms with Crippen LogP contribution in [0.25, 0.3) is 0 Å². The predicted molar refractivity (Wildman–Crippen MR) is 69.9 cm³/mol. The molecule has 1 aromatic heterocycles. The van der Waals surface area contributed by atoms with Gasteiger partial charge in [-0.2, -0.15) is 11.8 Å². The zero-order valence-corrected chi connectivity index (χ0v) is 11.0. The highest BCUT2D eigenvalue weighted by Gasteiger charge is 2.14. The van der Waals surface area contributed by atoms with Crippen LogP contribution in [0, 0.1) is 0 Å². The number of ether oxygens (including phenoxy) is 1. The number of hydrogen-bond acceptors (Lipinski definition) is 4. The third kappa shape index (κ3) is 3.68. The van der Waals surface area contributed by atoms with Crippen molar-refractivity contribution in [3.05, 3.63) is 24.0 Å². The minimum Gasteiger partial charge on any atom is -0.495 e. The molecule has 3 nitrogen and oxygen atoms in total. The van der Waals surface area contributed by atoms with Crippen molar-refractivity contribution in [1.82, 2.24) is 4.98 Å². The van der Waals surface area contributed by atoms with Crippen LogP contribution in [0.1, 0.15) is 32.0 Å². The van der Waals surface area contributed by atoms with Crippen LogP contribution in [0.5, 0.6) is 5.75 Å². The first-order chi connectivity index (χ1) is 7.69. The molecule has 90 valence electrons. The third-order valence-corrected chi connectivity index (χ3v) is 3.96. The Hall–Kier alpha value is -0.740. The van der Waals surface area contributed by atoms with Crippen molar-refractivity contribution in [2.45, 2.75) is 31.6 Å². The van der Waals surface area contributed by atoms with Crippen molar-refractivity contribution in [1.29, 1.82) is 0 Å². The van der Waals surface area contributed by atoms with E-state index in [0.29, 0.717) is 5.25 Å². The molecule has 0 radical (unpaired) electrons. The van der Waals surface area contributed by atoms with Gasteiger partial charge in [0.25, 0.3) is 0 Å². The Morgan fingerprint density at radius 1 is 1.56 bits per heavy atom. The average Bonchev–Trinajstić information content (AvgIpc) is 2.35. The van der Waals surface area contributed by atoms with E-state index in [1.54, 1.807) is 13.3 Å². The second-order valence-corrected chi connectivity index (χ2v) is 5.22. The molecule has 1 heterocycles. The highest BCUT2D eigenvalue weighted by molar-refractivity contribution is 7.99. The summed E-state index contributed by atoms with van der Waals surface area (Å²) in [4.78, 5) is 4.29. The maximum absolute atomic E-state index is 6.11. The number of pyridine rings is 1. The molecule has 0 saturated carbocycles. The van der Waals surface area contributed by atoms with Gasteiger partial charge in [-0.25, -0.2) is 0 Å². The molecule has 0 aliphatic rings. The van der Waals surface area contributed by atoms with Gasteiger partial charge in [-0.15, -0.1) is 0 Å². The van der Waals surface area contributed by atoms with Gasteiger partial charge in [0.15, 0.2) is 0 Å². The minimum absolute atomic E-state index is 0.0600.